The first-order valence-electron chi connectivity index (χ1n) is 7.00. The summed E-state index contributed by atoms with van der Waals surface area (Å²) in [5, 5.41) is 5.66. The fourth-order valence-corrected chi connectivity index (χ4v) is 3.35. The second-order valence-electron chi connectivity index (χ2n) is 4.87. The fourth-order valence-electron chi connectivity index (χ4n) is 2.28. The van der Waals surface area contributed by atoms with Gasteiger partial charge in [-0.3, -0.25) is 0 Å². The van der Waals surface area contributed by atoms with Gasteiger partial charge in [0.15, 0.2) is 0 Å². The molecule has 0 saturated heterocycles. The molecule has 1 nitrogen and oxygen atoms in total. The van der Waals surface area contributed by atoms with Crippen LogP contribution in [0.3, 0.4) is 0 Å². The number of hydrogen-bond donors (Lipinski definition) is 1. The number of hydrogen-bond acceptors (Lipinski definition) is 2. The van der Waals surface area contributed by atoms with E-state index in [0.717, 1.165) is 0 Å². The lowest BCUT2D eigenvalue weighted by molar-refractivity contribution is 0.502. The molecule has 0 aliphatic rings. The van der Waals surface area contributed by atoms with Crippen LogP contribution in [0.4, 0.5) is 0 Å². The van der Waals surface area contributed by atoms with Crippen molar-refractivity contribution < 1.29 is 0 Å². The number of nitrogens with one attached hydrogen (secondary N) is 1. The number of unbranched alkanes of at least 4 members (excludes halogenated alkanes) is 5. The first kappa shape index (κ1) is 14.7. The Balaban J connectivity index is 2.22. The Kier molecular flexibility index (Phi) is 7.54. The Labute approximate surface area is 111 Å². The molecule has 98 valence electrons. The van der Waals surface area contributed by atoms with Crippen molar-refractivity contribution in [3.05, 3.63) is 21.9 Å². The molecule has 1 N–H and O–H groups in total. The lowest BCUT2D eigenvalue weighted by Crippen LogP contribution is -2.15. The van der Waals surface area contributed by atoms with Crippen molar-refractivity contribution in [2.24, 2.45) is 0 Å². The van der Waals surface area contributed by atoms with E-state index in [9.17, 15) is 0 Å². The summed E-state index contributed by atoms with van der Waals surface area (Å²) < 4.78 is 0. The van der Waals surface area contributed by atoms with E-state index in [1.54, 1.807) is 0 Å². The number of aryl methyl sites for hydroxylation is 1. The molecular weight excluding hydrogens is 226 g/mol. The van der Waals surface area contributed by atoms with Gasteiger partial charge < -0.3 is 5.32 Å². The van der Waals surface area contributed by atoms with Crippen molar-refractivity contribution in [1.82, 2.24) is 5.32 Å². The first-order chi connectivity index (χ1) is 8.29. The summed E-state index contributed by atoms with van der Waals surface area (Å²) in [5.74, 6) is 0. The van der Waals surface area contributed by atoms with E-state index in [4.69, 9.17) is 0 Å². The second kappa shape index (κ2) is 8.71. The average Bonchev–Trinajstić information content (AvgIpc) is 2.75. The van der Waals surface area contributed by atoms with Crippen molar-refractivity contribution in [3.8, 4) is 0 Å². The topological polar surface area (TPSA) is 12.0 Å². The third-order valence-electron chi connectivity index (χ3n) is 3.41. The van der Waals surface area contributed by atoms with Crippen LogP contribution < -0.4 is 5.32 Å². The molecule has 0 amide bonds. The molecule has 0 saturated carbocycles. The number of rotatable bonds is 9. The zero-order valence-corrected chi connectivity index (χ0v) is 12.4. The monoisotopic (exact) mass is 253 g/mol. The van der Waals surface area contributed by atoms with E-state index < -0.39 is 0 Å². The SMILES string of the molecule is CCCCCCCCC(NC)c1sccc1C. The zero-order valence-electron chi connectivity index (χ0n) is 11.6. The molecule has 1 aromatic rings. The van der Waals surface area contributed by atoms with Crippen LogP contribution in [-0.4, -0.2) is 7.05 Å². The van der Waals surface area contributed by atoms with Crippen molar-refractivity contribution in [2.75, 3.05) is 7.05 Å². The zero-order chi connectivity index (χ0) is 12.5. The Morgan fingerprint density at radius 2 is 1.88 bits per heavy atom. The second-order valence-corrected chi connectivity index (χ2v) is 5.81. The van der Waals surface area contributed by atoms with Crippen LogP contribution in [0.2, 0.25) is 0 Å². The van der Waals surface area contributed by atoms with E-state index in [-0.39, 0.29) is 0 Å². The molecule has 2 heteroatoms. The van der Waals surface area contributed by atoms with E-state index in [1.807, 2.05) is 11.3 Å². The Bertz CT molecular complexity index is 293. The van der Waals surface area contributed by atoms with Gasteiger partial charge in [0.05, 0.1) is 0 Å². The fraction of sp³-hybridized carbons (Fsp3) is 0.733. The highest BCUT2D eigenvalue weighted by molar-refractivity contribution is 7.10. The summed E-state index contributed by atoms with van der Waals surface area (Å²) in [7, 11) is 2.08. The molecule has 0 aliphatic carbocycles. The molecule has 1 aromatic heterocycles. The maximum absolute atomic E-state index is 3.46. The summed E-state index contributed by atoms with van der Waals surface area (Å²) >= 11 is 1.89. The quantitative estimate of drug-likeness (QED) is 0.606. The van der Waals surface area contributed by atoms with Gasteiger partial charge in [-0.15, -0.1) is 11.3 Å². The molecule has 0 aliphatic heterocycles. The molecule has 0 bridgehead atoms. The summed E-state index contributed by atoms with van der Waals surface area (Å²) in [6, 6.07) is 2.80. The van der Waals surface area contributed by atoms with Gasteiger partial charge in [-0.2, -0.15) is 0 Å². The van der Waals surface area contributed by atoms with Crippen LogP contribution in [0.15, 0.2) is 11.4 Å². The van der Waals surface area contributed by atoms with Gasteiger partial charge in [0, 0.05) is 10.9 Å². The molecule has 1 unspecified atom stereocenters. The van der Waals surface area contributed by atoms with Gasteiger partial charge >= 0.3 is 0 Å². The normalized spacial score (nSPS) is 12.9. The Morgan fingerprint density at radius 3 is 2.47 bits per heavy atom. The minimum Gasteiger partial charge on any atom is -0.312 e. The van der Waals surface area contributed by atoms with Crippen molar-refractivity contribution in [2.45, 2.75) is 64.8 Å². The van der Waals surface area contributed by atoms with Gasteiger partial charge in [-0.25, -0.2) is 0 Å². The van der Waals surface area contributed by atoms with Gasteiger partial charge in [-0.05, 0) is 37.4 Å². The Hall–Kier alpha value is -0.340. The highest BCUT2D eigenvalue weighted by atomic mass is 32.1. The summed E-state index contributed by atoms with van der Waals surface area (Å²) in [6.45, 7) is 4.49. The predicted octanol–water partition coefficient (Wildman–Crippen LogP) is 5.07. The maximum atomic E-state index is 3.46. The first-order valence-corrected chi connectivity index (χ1v) is 7.88. The van der Waals surface area contributed by atoms with E-state index in [1.165, 1.54) is 55.4 Å². The Morgan fingerprint density at radius 1 is 1.18 bits per heavy atom. The predicted molar refractivity (Wildman–Crippen MR) is 78.8 cm³/mol. The molecular formula is C15H27NS. The lowest BCUT2D eigenvalue weighted by Gasteiger charge is -2.15. The third kappa shape index (κ3) is 5.22. The molecule has 0 aromatic carbocycles. The lowest BCUT2D eigenvalue weighted by atomic mass is 10.0. The minimum atomic E-state index is 0.571. The average molecular weight is 253 g/mol. The van der Waals surface area contributed by atoms with Crippen molar-refractivity contribution >= 4 is 11.3 Å². The van der Waals surface area contributed by atoms with E-state index in [2.05, 4.69) is 37.7 Å². The van der Waals surface area contributed by atoms with Crippen LogP contribution in [0.5, 0.6) is 0 Å². The van der Waals surface area contributed by atoms with E-state index in [0.29, 0.717) is 6.04 Å². The van der Waals surface area contributed by atoms with Gasteiger partial charge in [0.1, 0.15) is 0 Å². The van der Waals surface area contributed by atoms with Crippen molar-refractivity contribution in [3.63, 3.8) is 0 Å². The van der Waals surface area contributed by atoms with Crippen LogP contribution in [-0.2, 0) is 0 Å². The largest absolute Gasteiger partial charge is 0.312 e. The number of thiophene rings is 1. The molecule has 1 rings (SSSR count). The summed E-state index contributed by atoms with van der Waals surface area (Å²) in [6.07, 6.45) is 9.60. The maximum Gasteiger partial charge on any atom is 0.0415 e. The van der Waals surface area contributed by atoms with Gasteiger partial charge in [0.25, 0.3) is 0 Å². The van der Waals surface area contributed by atoms with Crippen LogP contribution in [0.1, 0.15) is 68.4 Å². The highest BCUT2D eigenvalue weighted by Gasteiger charge is 2.12. The molecule has 0 spiro atoms. The van der Waals surface area contributed by atoms with E-state index >= 15 is 0 Å². The van der Waals surface area contributed by atoms with Crippen molar-refractivity contribution in [1.29, 1.82) is 0 Å². The highest BCUT2D eigenvalue weighted by Crippen LogP contribution is 2.27. The smallest absolute Gasteiger partial charge is 0.0415 e. The summed E-state index contributed by atoms with van der Waals surface area (Å²) in [5.41, 5.74) is 1.44. The van der Waals surface area contributed by atoms with Gasteiger partial charge in [-0.1, -0.05) is 45.4 Å². The molecule has 0 fully saturated rings. The minimum absolute atomic E-state index is 0.571. The molecule has 1 heterocycles. The molecule has 1 atom stereocenters. The van der Waals surface area contributed by atoms with Crippen LogP contribution in [0, 0.1) is 6.92 Å². The third-order valence-corrected chi connectivity index (χ3v) is 4.55. The molecule has 0 radical (unpaired) electrons. The standard InChI is InChI=1S/C15H27NS/c1-4-5-6-7-8-9-10-14(16-3)15-13(2)11-12-17-15/h11-12,14,16H,4-10H2,1-3H3. The van der Waals surface area contributed by atoms with Gasteiger partial charge in [0.2, 0.25) is 0 Å². The van der Waals surface area contributed by atoms with Crippen LogP contribution in [0.25, 0.3) is 0 Å². The van der Waals surface area contributed by atoms with Crippen LogP contribution >= 0.6 is 11.3 Å². The summed E-state index contributed by atoms with van der Waals surface area (Å²) in [4.78, 5) is 1.53. The molecule has 17 heavy (non-hydrogen) atoms.